The maximum atomic E-state index is 13.5. The molecular weight excluding hydrogens is 275 g/mol. The topological polar surface area (TPSA) is 63.8 Å². The molecule has 4 nitrogen and oxygen atoms in total. The van der Waals surface area contributed by atoms with Crippen LogP contribution in [-0.4, -0.2) is 9.97 Å². The third-order valence-corrected chi connectivity index (χ3v) is 2.38. The molecule has 0 radical (unpaired) electrons. The molecule has 0 aliphatic rings. The van der Waals surface area contributed by atoms with E-state index in [1.54, 1.807) is 12.1 Å². The number of nitrogen functional groups attached to an aromatic ring is 1. The standard InChI is InChI=1S/C10H8BrFN4/c11-6-1-2-8(7(12)3-6)16-10-4-9(13)14-5-15-10/h1-5H,(H3,13,14,15,16). The highest BCUT2D eigenvalue weighted by molar-refractivity contribution is 9.10. The van der Waals surface area contributed by atoms with Crippen LogP contribution in [0.4, 0.5) is 21.7 Å². The average molecular weight is 283 g/mol. The van der Waals surface area contributed by atoms with Crippen LogP contribution in [0.5, 0.6) is 0 Å². The second kappa shape index (κ2) is 4.44. The molecule has 2 rings (SSSR count). The summed E-state index contributed by atoms with van der Waals surface area (Å²) in [5.41, 5.74) is 5.82. The number of rotatable bonds is 2. The summed E-state index contributed by atoms with van der Waals surface area (Å²) in [4.78, 5) is 7.66. The zero-order valence-electron chi connectivity index (χ0n) is 8.11. The van der Waals surface area contributed by atoms with Gasteiger partial charge in [-0.3, -0.25) is 0 Å². The predicted molar refractivity (Wildman–Crippen MR) is 63.8 cm³/mol. The van der Waals surface area contributed by atoms with Crippen LogP contribution in [0.3, 0.4) is 0 Å². The number of halogens is 2. The van der Waals surface area contributed by atoms with Gasteiger partial charge >= 0.3 is 0 Å². The van der Waals surface area contributed by atoms with E-state index in [-0.39, 0.29) is 5.82 Å². The van der Waals surface area contributed by atoms with Gasteiger partial charge in [0.25, 0.3) is 0 Å². The average Bonchev–Trinajstić information content (AvgIpc) is 2.22. The maximum absolute atomic E-state index is 13.5. The lowest BCUT2D eigenvalue weighted by Gasteiger charge is -2.06. The van der Waals surface area contributed by atoms with Crippen LogP contribution >= 0.6 is 15.9 Å². The van der Waals surface area contributed by atoms with Crippen molar-refractivity contribution in [2.24, 2.45) is 0 Å². The van der Waals surface area contributed by atoms with Crippen LogP contribution in [0.2, 0.25) is 0 Å². The number of hydrogen-bond acceptors (Lipinski definition) is 4. The van der Waals surface area contributed by atoms with Crippen molar-refractivity contribution >= 4 is 33.3 Å². The van der Waals surface area contributed by atoms with E-state index in [0.29, 0.717) is 21.8 Å². The Morgan fingerprint density at radius 2 is 2.06 bits per heavy atom. The van der Waals surface area contributed by atoms with Gasteiger partial charge in [0.1, 0.15) is 23.8 Å². The molecular formula is C10H8BrFN4. The molecule has 2 aromatic rings. The number of benzene rings is 1. The van der Waals surface area contributed by atoms with Gasteiger partial charge < -0.3 is 11.1 Å². The van der Waals surface area contributed by atoms with Crippen LogP contribution < -0.4 is 11.1 Å². The van der Waals surface area contributed by atoms with Crippen molar-refractivity contribution in [1.29, 1.82) is 0 Å². The van der Waals surface area contributed by atoms with Gasteiger partial charge in [-0.15, -0.1) is 0 Å². The van der Waals surface area contributed by atoms with Crippen molar-refractivity contribution in [3.8, 4) is 0 Å². The van der Waals surface area contributed by atoms with Crippen LogP contribution in [0, 0.1) is 5.82 Å². The SMILES string of the molecule is Nc1cc(Nc2ccc(Br)cc2F)ncn1. The molecule has 0 unspecified atom stereocenters. The second-order valence-electron chi connectivity index (χ2n) is 3.08. The van der Waals surface area contributed by atoms with Crippen molar-refractivity contribution in [3.63, 3.8) is 0 Å². The fourth-order valence-electron chi connectivity index (χ4n) is 1.17. The van der Waals surface area contributed by atoms with E-state index < -0.39 is 0 Å². The van der Waals surface area contributed by atoms with Gasteiger partial charge in [0.2, 0.25) is 0 Å². The first-order valence-corrected chi connectivity index (χ1v) is 5.24. The van der Waals surface area contributed by atoms with E-state index in [1.807, 2.05) is 0 Å². The highest BCUT2D eigenvalue weighted by Gasteiger charge is 2.03. The first kappa shape index (κ1) is 10.8. The van der Waals surface area contributed by atoms with Crippen LogP contribution in [0.1, 0.15) is 0 Å². The van der Waals surface area contributed by atoms with Crippen molar-refractivity contribution in [1.82, 2.24) is 9.97 Å². The first-order valence-electron chi connectivity index (χ1n) is 4.45. The molecule has 0 aliphatic carbocycles. The molecule has 6 heteroatoms. The van der Waals surface area contributed by atoms with E-state index in [2.05, 4.69) is 31.2 Å². The van der Waals surface area contributed by atoms with Gasteiger partial charge in [-0.25, -0.2) is 14.4 Å². The Hall–Kier alpha value is -1.69. The molecule has 0 fully saturated rings. The molecule has 0 amide bonds. The van der Waals surface area contributed by atoms with E-state index >= 15 is 0 Å². The lowest BCUT2D eigenvalue weighted by Crippen LogP contribution is -1.98. The smallest absolute Gasteiger partial charge is 0.147 e. The van der Waals surface area contributed by atoms with E-state index in [9.17, 15) is 4.39 Å². The summed E-state index contributed by atoms with van der Waals surface area (Å²) in [6.07, 6.45) is 1.31. The summed E-state index contributed by atoms with van der Waals surface area (Å²) < 4.78 is 14.1. The molecule has 3 N–H and O–H groups in total. The minimum Gasteiger partial charge on any atom is -0.384 e. The molecule has 0 aliphatic heterocycles. The Labute approximate surface area is 99.9 Å². The van der Waals surface area contributed by atoms with Gasteiger partial charge in [0, 0.05) is 10.5 Å². The van der Waals surface area contributed by atoms with Gasteiger partial charge in [-0.1, -0.05) is 15.9 Å². The Kier molecular flexibility index (Phi) is 3.00. The van der Waals surface area contributed by atoms with Crippen molar-refractivity contribution in [3.05, 3.63) is 40.9 Å². The number of hydrogen-bond donors (Lipinski definition) is 2. The van der Waals surface area contributed by atoms with Crippen molar-refractivity contribution in [2.45, 2.75) is 0 Å². The highest BCUT2D eigenvalue weighted by atomic mass is 79.9. The van der Waals surface area contributed by atoms with Gasteiger partial charge in [-0.05, 0) is 18.2 Å². The Morgan fingerprint density at radius 1 is 1.25 bits per heavy atom. The fourth-order valence-corrected chi connectivity index (χ4v) is 1.50. The molecule has 0 saturated carbocycles. The summed E-state index contributed by atoms with van der Waals surface area (Å²) in [5, 5.41) is 2.81. The fraction of sp³-hybridized carbons (Fsp3) is 0. The number of nitrogens with one attached hydrogen (secondary N) is 1. The summed E-state index contributed by atoms with van der Waals surface area (Å²) in [5.74, 6) is 0.412. The Bertz CT molecular complexity index is 518. The summed E-state index contributed by atoms with van der Waals surface area (Å²) in [7, 11) is 0. The summed E-state index contributed by atoms with van der Waals surface area (Å²) in [6.45, 7) is 0. The predicted octanol–water partition coefficient (Wildman–Crippen LogP) is 2.70. The minimum atomic E-state index is -0.369. The molecule has 82 valence electrons. The third-order valence-electron chi connectivity index (χ3n) is 1.88. The van der Waals surface area contributed by atoms with Gasteiger partial charge in [0.15, 0.2) is 0 Å². The van der Waals surface area contributed by atoms with Crippen molar-refractivity contribution < 1.29 is 4.39 Å². The lowest BCUT2D eigenvalue weighted by atomic mass is 10.3. The summed E-state index contributed by atoms with van der Waals surface area (Å²) in [6, 6.07) is 6.24. The quantitative estimate of drug-likeness (QED) is 0.889. The molecule has 1 heterocycles. The zero-order chi connectivity index (χ0) is 11.5. The number of nitrogens with two attached hydrogens (primary N) is 1. The van der Waals surface area contributed by atoms with E-state index in [4.69, 9.17) is 5.73 Å². The van der Waals surface area contributed by atoms with Crippen LogP contribution in [0.25, 0.3) is 0 Å². The van der Waals surface area contributed by atoms with Gasteiger partial charge in [-0.2, -0.15) is 0 Å². The van der Waals surface area contributed by atoms with E-state index in [1.165, 1.54) is 18.5 Å². The Morgan fingerprint density at radius 3 is 2.75 bits per heavy atom. The number of nitrogens with zero attached hydrogens (tertiary/aromatic N) is 2. The molecule has 1 aromatic heterocycles. The first-order chi connectivity index (χ1) is 7.65. The largest absolute Gasteiger partial charge is 0.384 e. The molecule has 0 bridgehead atoms. The molecule has 0 atom stereocenters. The zero-order valence-corrected chi connectivity index (χ0v) is 9.70. The molecule has 16 heavy (non-hydrogen) atoms. The number of aromatic nitrogens is 2. The molecule has 1 aromatic carbocycles. The molecule has 0 spiro atoms. The van der Waals surface area contributed by atoms with Gasteiger partial charge in [0.05, 0.1) is 5.69 Å². The number of anilines is 3. The lowest BCUT2D eigenvalue weighted by molar-refractivity contribution is 0.631. The highest BCUT2D eigenvalue weighted by Crippen LogP contribution is 2.22. The normalized spacial score (nSPS) is 10.1. The van der Waals surface area contributed by atoms with Crippen LogP contribution in [0.15, 0.2) is 35.1 Å². The summed E-state index contributed by atoms with van der Waals surface area (Å²) >= 11 is 3.18. The van der Waals surface area contributed by atoms with Crippen molar-refractivity contribution in [2.75, 3.05) is 11.1 Å². The van der Waals surface area contributed by atoms with Crippen LogP contribution in [-0.2, 0) is 0 Å². The monoisotopic (exact) mass is 282 g/mol. The van der Waals surface area contributed by atoms with E-state index in [0.717, 1.165) is 0 Å². The third kappa shape index (κ3) is 2.46. The Balaban J connectivity index is 2.27. The minimum absolute atomic E-state index is 0.329. The second-order valence-corrected chi connectivity index (χ2v) is 3.99. The molecule has 0 saturated heterocycles. The maximum Gasteiger partial charge on any atom is 0.147 e.